The third-order valence-corrected chi connectivity index (χ3v) is 3.68. The molecule has 0 spiro atoms. The molecule has 26 heavy (non-hydrogen) atoms. The molecule has 2 amide bonds. The van der Waals surface area contributed by atoms with Crippen molar-refractivity contribution in [2.75, 3.05) is 18.5 Å². The second-order valence-corrected chi connectivity index (χ2v) is 6.62. The van der Waals surface area contributed by atoms with E-state index in [2.05, 4.69) is 30.5 Å². The van der Waals surface area contributed by atoms with Crippen molar-refractivity contribution in [3.8, 4) is 11.5 Å². The molecule has 0 aliphatic heterocycles. The molecule has 2 N–H and O–H groups in total. The van der Waals surface area contributed by atoms with E-state index in [1.54, 1.807) is 0 Å². The fourth-order valence-corrected chi connectivity index (χ4v) is 2.39. The van der Waals surface area contributed by atoms with Crippen LogP contribution in [0, 0.1) is 0 Å². The summed E-state index contributed by atoms with van der Waals surface area (Å²) >= 11 is 0. The van der Waals surface area contributed by atoms with E-state index in [4.69, 9.17) is 9.47 Å². The largest absolute Gasteiger partial charge is 0.492 e. The Labute approximate surface area is 155 Å². The van der Waals surface area contributed by atoms with E-state index in [0.29, 0.717) is 30.5 Å². The molecule has 0 fully saturated rings. The average molecular weight is 356 g/mol. The lowest BCUT2D eigenvalue weighted by molar-refractivity contribution is 0.240. The third kappa shape index (κ3) is 6.31. The zero-order valence-electron chi connectivity index (χ0n) is 15.9. The van der Waals surface area contributed by atoms with Crippen LogP contribution in [0.25, 0.3) is 0 Å². The summed E-state index contributed by atoms with van der Waals surface area (Å²) in [5.41, 5.74) is 1.87. The zero-order valence-corrected chi connectivity index (χ0v) is 15.9. The number of para-hydroxylation sites is 2. The van der Waals surface area contributed by atoms with E-state index in [0.717, 1.165) is 5.75 Å². The molecule has 0 aromatic heterocycles. The quantitative estimate of drug-likeness (QED) is 0.668. The maximum atomic E-state index is 12.1. The third-order valence-electron chi connectivity index (χ3n) is 3.68. The molecule has 2 rings (SSSR count). The van der Waals surface area contributed by atoms with Crippen molar-refractivity contribution < 1.29 is 14.3 Å². The molecule has 140 valence electrons. The number of anilines is 1. The number of nitrogens with one attached hydrogen (secondary N) is 2. The minimum absolute atomic E-state index is 0.0380. The molecule has 0 radical (unpaired) electrons. The lowest BCUT2D eigenvalue weighted by atomic mass is 10.0. The van der Waals surface area contributed by atoms with E-state index in [1.165, 1.54) is 5.56 Å². The maximum Gasteiger partial charge on any atom is 0.319 e. The van der Waals surface area contributed by atoms with E-state index in [-0.39, 0.29) is 12.1 Å². The minimum Gasteiger partial charge on any atom is -0.492 e. The summed E-state index contributed by atoms with van der Waals surface area (Å²) in [6, 6.07) is 15.1. The molecule has 5 nitrogen and oxygen atoms in total. The fourth-order valence-electron chi connectivity index (χ4n) is 2.39. The van der Waals surface area contributed by atoms with Crippen LogP contribution in [0.1, 0.15) is 39.2 Å². The SMILES string of the molecule is CC(C)Oc1ccccc1NC(=O)NCCOc1cccc(C(C)C)c1. The van der Waals surface area contributed by atoms with Gasteiger partial charge in [0.2, 0.25) is 0 Å². The van der Waals surface area contributed by atoms with Gasteiger partial charge in [-0.15, -0.1) is 0 Å². The Morgan fingerprint density at radius 1 is 1.04 bits per heavy atom. The van der Waals surface area contributed by atoms with E-state index >= 15 is 0 Å². The highest BCUT2D eigenvalue weighted by molar-refractivity contribution is 5.90. The molecule has 2 aromatic carbocycles. The molecule has 0 bridgehead atoms. The van der Waals surface area contributed by atoms with Gasteiger partial charge in [0.1, 0.15) is 18.1 Å². The van der Waals surface area contributed by atoms with Crippen LogP contribution in [0.4, 0.5) is 10.5 Å². The van der Waals surface area contributed by atoms with Gasteiger partial charge in [-0.2, -0.15) is 0 Å². The van der Waals surface area contributed by atoms with Gasteiger partial charge < -0.3 is 20.1 Å². The van der Waals surface area contributed by atoms with Crippen molar-refractivity contribution in [3.63, 3.8) is 0 Å². The van der Waals surface area contributed by atoms with Crippen molar-refractivity contribution in [2.24, 2.45) is 0 Å². The standard InChI is InChI=1S/C21H28N2O3/c1-15(2)17-8-7-9-18(14-17)25-13-12-22-21(24)23-19-10-5-6-11-20(19)26-16(3)4/h5-11,14-16H,12-13H2,1-4H3,(H2,22,23,24). The van der Waals surface area contributed by atoms with Crippen LogP contribution >= 0.6 is 0 Å². The molecule has 0 heterocycles. The minimum atomic E-state index is -0.288. The van der Waals surface area contributed by atoms with Crippen molar-refractivity contribution in [1.82, 2.24) is 5.32 Å². The Morgan fingerprint density at radius 2 is 1.81 bits per heavy atom. The maximum absolute atomic E-state index is 12.1. The molecule has 0 atom stereocenters. The normalized spacial score (nSPS) is 10.7. The smallest absolute Gasteiger partial charge is 0.319 e. The van der Waals surface area contributed by atoms with Crippen molar-refractivity contribution in [3.05, 3.63) is 54.1 Å². The van der Waals surface area contributed by atoms with Crippen LogP contribution in [-0.4, -0.2) is 25.3 Å². The summed E-state index contributed by atoms with van der Waals surface area (Å²) in [6.45, 7) is 8.99. The first-order valence-corrected chi connectivity index (χ1v) is 8.99. The fraction of sp³-hybridized carbons (Fsp3) is 0.381. The Morgan fingerprint density at radius 3 is 2.54 bits per heavy atom. The molecule has 0 saturated heterocycles. The number of hydrogen-bond acceptors (Lipinski definition) is 3. The molecule has 0 unspecified atom stereocenters. The number of urea groups is 1. The van der Waals surface area contributed by atoms with E-state index in [1.807, 2.05) is 56.3 Å². The van der Waals surface area contributed by atoms with Gasteiger partial charge in [-0.05, 0) is 49.6 Å². The number of hydrogen-bond donors (Lipinski definition) is 2. The zero-order chi connectivity index (χ0) is 18.9. The van der Waals surface area contributed by atoms with Crippen LogP contribution in [0.15, 0.2) is 48.5 Å². The molecular formula is C21H28N2O3. The Balaban J connectivity index is 1.78. The number of ether oxygens (including phenoxy) is 2. The highest BCUT2D eigenvalue weighted by Crippen LogP contribution is 2.24. The molecule has 0 saturated carbocycles. The van der Waals surface area contributed by atoms with Gasteiger partial charge in [0, 0.05) is 0 Å². The highest BCUT2D eigenvalue weighted by atomic mass is 16.5. The summed E-state index contributed by atoms with van der Waals surface area (Å²) < 4.78 is 11.4. The first-order chi connectivity index (χ1) is 12.5. The van der Waals surface area contributed by atoms with Gasteiger partial charge in [-0.25, -0.2) is 4.79 Å². The molecule has 0 aliphatic carbocycles. The van der Waals surface area contributed by atoms with Crippen LogP contribution in [0.2, 0.25) is 0 Å². The Hall–Kier alpha value is -2.69. The number of amides is 2. The predicted octanol–water partition coefficient (Wildman–Crippen LogP) is 4.80. The lowest BCUT2D eigenvalue weighted by Gasteiger charge is -2.15. The summed E-state index contributed by atoms with van der Waals surface area (Å²) in [6.07, 6.45) is 0.0380. The second kappa shape index (κ2) is 9.70. The van der Waals surface area contributed by atoms with Gasteiger partial charge in [0.15, 0.2) is 0 Å². The molecule has 2 aromatic rings. The lowest BCUT2D eigenvalue weighted by Crippen LogP contribution is -2.32. The van der Waals surface area contributed by atoms with Gasteiger partial charge in [-0.1, -0.05) is 38.1 Å². The van der Waals surface area contributed by atoms with Crippen molar-refractivity contribution in [1.29, 1.82) is 0 Å². The number of carbonyl (C=O) groups is 1. The molecule has 0 aliphatic rings. The van der Waals surface area contributed by atoms with E-state index < -0.39 is 0 Å². The number of carbonyl (C=O) groups excluding carboxylic acids is 1. The molecular weight excluding hydrogens is 328 g/mol. The van der Waals surface area contributed by atoms with Gasteiger partial charge in [0.05, 0.1) is 18.3 Å². The summed E-state index contributed by atoms with van der Waals surface area (Å²) in [5, 5.41) is 5.60. The average Bonchev–Trinajstić information content (AvgIpc) is 2.60. The number of rotatable bonds is 8. The Kier molecular flexibility index (Phi) is 7.33. The van der Waals surface area contributed by atoms with Crippen LogP contribution in [0.5, 0.6) is 11.5 Å². The topological polar surface area (TPSA) is 59.6 Å². The monoisotopic (exact) mass is 356 g/mol. The van der Waals surface area contributed by atoms with Gasteiger partial charge in [0.25, 0.3) is 0 Å². The highest BCUT2D eigenvalue weighted by Gasteiger charge is 2.08. The molecule has 5 heteroatoms. The summed E-state index contributed by atoms with van der Waals surface area (Å²) in [5.74, 6) is 1.92. The Bertz CT molecular complexity index is 714. The van der Waals surface area contributed by atoms with Crippen LogP contribution < -0.4 is 20.1 Å². The van der Waals surface area contributed by atoms with E-state index in [9.17, 15) is 4.79 Å². The predicted molar refractivity (Wildman–Crippen MR) is 105 cm³/mol. The van der Waals surface area contributed by atoms with Crippen LogP contribution in [0.3, 0.4) is 0 Å². The summed E-state index contributed by atoms with van der Waals surface area (Å²) in [4.78, 5) is 12.1. The first-order valence-electron chi connectivity index (χ1n) is 8.99. The number of benzene rings is 2. The van der Waals surface area contributed by atoms with Crippen molar-refractivity contribution in [2.45, 2.75) is 39.7 Å². The first kappa shape index (κ1) is 19.6. The van der Waals surface area contributed by atoms with Crippen LogP contribution in [-0.2, 0) is 0 Å². The van der Waals surface area contributed by atoms with Crippen molar-refractivity contribution >= 4 is 11.7 Å². The van der Waals surface area contributed by atoms with Gasteiger partial charge >= 0.3 is 6.03 Å². The second-order valence-electron chi connectivity index (χ2n) is 6.62. The summed E-state index contributed by atoms with van der Waals surface area (Å²) in [7, 11) is 0. The van der Waals surface area contributed by atoms with Gasteiger partial charge in [-0.3, -0.25) is 0 Å².